The van der Waals surface area contributed by atoms with Gasteiger partial charge in [-0.1, -0.05) is 0 Å². The summed E-state index contributed by atoms with van der Waals surface area (Å²) in [6.45, 7) is 4.54. The first-order valence-electron chi connectivity index (χ1n) is 3.94. The molecular formula is C8H17NS. The molecule has 1 saturated heterocycles. The normalized spacial score (nSPS) is 26.1. The Labute approximate surface area is 68.0 Å². The van der Waals surface area contributed by atoms with E-state index in [1.165, 1.54) is 18.6 Å². The highest BCUT2D eigenvalue weighted by Gasteiger charge is 2.25. The van der Waals surface area contributed by atoms with Crippen molar-refractivity contribution in [3.63, 3.8) is 0 Å². The summed E-state index contributed by atoms with van der Waals surface area (Å²) in [5, 5.41) is 4.26. The Hall–Kier alpha value is 0.310. The van der Waals surface area contributed by atoms with Crippen LogP contribution < -0.4 is 5.32 Å². The van der Waals surface area contributed by atoms with Gasteiger partial charge in [-0.2, -0.15) is 11.8 Å². The van der Waals surface area contributed by atoms with Crippen molar-refractivity contribution in [3.8, 4) is 0 Å². The van der Waals surface area contributed by atoms with Crippen LogP contribution in [0.2, 0.25) is 0 Å². The molecule has 0 bridgehead atoms. The van der Waals surface area contributed by atoms with Crippen molar-refractivity contribution in [2.75, 3.05) is 12.8 Å². The lowest BCUT2D eigenvalue weighted by molar-refractivity contribution is 0.381. The van der Waals surface area contributed by atoms with Gasteiger partial charge in [0.05, 0.1) is 0 Å². The lowest BCUT2D eigenvalue weighted by Crippen LogP contribution is -2.40. The molecule has 1 N–H and O–H groups in total. The van der Waals surface area contributed by atoms with E-state index >= 15 is 0 Å². The van der Waals surface area contributed by atoms with E-state index in [4.69, 9.17) is 0 Å². The third-order valence-corrected chi connectivity index (χ3v) is 3.55. The first-order chi connectivity index (χ1) is 4.64. The Kier molecular flexibility index (Phi) is 2.64. The number of thioether (sulfide) groups is 1. The van der Waals surface area contributed by atoms with Crippen LogP contribution in [0.25, 0.3) is 0 Å². The Balaban J connectivity index is 2.21. The molecule has 0 radical (unpaired) electrons. The Morgan fingerprint density at radius 2 is 2.20 bits per heavy atom. The zero-order chi connectivity index (χ0) is 7.61. The number of hydrogen-bond acceptors (Lipinski definition) is 2. The monoisotopic (exact) mass is 159 g/mol. The van der Waals surface area contributed by atoms with Crippen LogP contribution in [0.3, 0.4) is 0 Å². The van der Waals surface area contributed by atoms with Crippen LogP contribution in [0.1, 0.15) is 26.7 Å². The molecular weight excluding hydrogens is 142 g/mol. The zero-order valence-electron chi connectivity index (χ0n) is 7.11. The smallest absolute Gasteiger partial charge is 0.0132 e. The molecule has 1 aliphatic heterocycles. The molecule has 1 aliphatic rings. The highest BCUT2D eigenvalue weighted by molar-refractivity contribution is 8.01. The van der Waals surface area contributed by atoms with Crippen molar-refractivity contribution in [2.45, 2.75) is 37.5 Å². The fourth-order valence-corrected chi connectivity index (χ4v) is 2.22. The van der Waals surface area contributed by atoms with Crippen LogP contribution in [0.5, 0.6) is 0 Å². The SMILES string of the molecule is CNC(C)(C)CC1CCS1. The van der Waals surface area contributed by atoms with E-state index in [1.807, 2.05) is 7.05 Å². The number of hydrogen-bond donors (Lipinski definition) is 1. The summed E-state index contributed by atoms with van der Waals surface area (Å²) in [6, 6.07) is 0. The van der Waals surface area contributed by atoms with Gasteiger partial charge in [0, 0.05) is 10.8 Å². The summed E-state index contributed by atoms with van der Waals surface area (Å²) < 4.78 is 0. The maximum Gasteiger partial charge on any atom is 0.0132 e. The van der Waals surface area contributed by atoms with Crippen molar-refractivity contribution in [3.05, 3.63) is 0 Å². The molecule has 1 heterocycles. The second-order valence-corrected chi connectivity index (χ2v) is 5.03. The van der Waals surface area contributed by atoms with Crippen molar-refractivity contribution in [1.82, 2.24) is 5.32 Å². The molecule has 1 nitrogen and oxygen atoms in total. The van der Waals surface area contributed by atoms with Crippen LogP contribution in [-0.4, -0.2) is 23.6 Å². The Bertz CT molecular complexity index is 108. The molecule has 1 unspecified atom stereocenters. The van der Waals surface area contributed by atoms with Gasteiger partial charge in [0.25, 0.3) is 0 Å². The predicted octanol–water partition coefficient (Wildman–Crippen LogP) is 1.88. The Morgan fingerprint density at radius 3 is 2.50 bits per heavy atom. The van der Waals surface area contributed by atoms with Gasteiger partial charge in [-0.15, -0.1) is 0 Å². The van der Waals surface area contributed by atoms with Crippen LogP contribution >= 0.6 is 11.8 Å². The second kappa shape index (κ2) is 3.14. The summed E-state index contributed by atoms with van der Waals surface area (Å²) in [5.74, 6) is 1.38. The van der Waals surface area contributed by atoms with Gasteiger partial charge in [0.2, 0.25) is 0 Å². The minimum Gasteiger partial charge on any atom is -0.315 e. The maximum atomic E-state index is 3.33. The molecule has 0 saturated carbocycles. The topological polar surface area (TPSA) is 12.0 Å². The molecule has 60 valence electrons. The van der Waals surface area contributed by atoms with Gasteiger partial charge in [-0.25, -0.2) is 0 Å². The van der Waals surface area contributed by atoms with E-state index in [1.54, 1.807) is 0 Å². The molecule has 0 aromatic rings. The minimum atomic E-state index is 0.345. The van der Waals surface area contributed by atoms with E-state index in [-0.39, 0.29) is 0 Å². The summed E-state index contributed by atoms with van der Waals surface area (Å²) in [6.07, 6.45) is 2.74. The Morgan fingerprint density at radius 1 is 1.60 bits per heavy atom. The lowest BCUT2D eigenvalue weighted by Gasteiger charge is -2.33. The third-order valence-electron chi connectivity index (χ3n) is 2.21. The van der Waals surface area contributed by atoms with Crippen LogP contribution in [0.15, 0.2) is 0 Å². The standard InChI is InChI=1S/C8H17NS/c1-8(2,9-3)6-7-4-5-10-7/h7,9H,4-6H2,1-3H3. The van der Waals surface area contributed by atoms with Gasteiger partial charge >= 0.3 is 0 Å². The van der Waals surface area contributed by atoms with Crippen molar-refractivity contribution in [1.29, 1.82) is 0 Å². The molecule has 0 spiro atoms. The molecule has 10 heavy (non-hydrogen) atoms. The van der Waals surface area contributed by atoms with Crippen LogP contribution in [0, 0.1) is 0 Å². The summed E-state index contributed by atoms with van der Waals surface area (Å²) in [4.78, 5) is 0. The average Bonchev–Trinajstić information content (AvgIpc) is 1.80. The highest BCUT2D eigenvalue weighted by Crippen LogP contribution is 2.33. The van der Waals surface area contributed by atoms with Gasteiger partial charge in [0.1, 0.15) is 0 Å². The molecule has 0 aromatic heterocycles. The molecule has 1 atom stereocenters. The highest BCUT2D eigenvalue weighted by atomic mass is 32.2. The van der Waals surface area contributed by atoms with Gasteiger partial charge in [-0.3, -0.25) is 0 Å². The fourth-order valence-electron chi connectivity index (χ4n) is 1.12. The average molecular weight is 159 g/mol. The quantitative estimate of drug-likeness (QED) is 0.675. The number of nitrogens with one attached hydrogen (secondary N) is 1. The number of rotatable bonds is 3. The van der Waals surface area contributed by atoms with Crippen molar-refractivity contribution < 1.29 is 0 Å². The minimum absolute atomic E-state index is 0.345. The van der Waals surface area contributed by atoms with Gasteiger partial charge in [-0.05, 0) is 39.5 Å². The maximum absolute atomic E-state index is 3.33. The molecule has 1 fully saturated rings. The second-order valence-electron chi connectivity index (χ2n) is 3.62. The van der Waals surface area contributed by atoms with Gasteiger partial charge < -0.3 is 5.32 Å². The molecule has 2 heteroatoms. The third kappa shape index (κ3) is 2.17. The first kappa shape index (κ1) is 8.41. The fraction of sp³-hybridized carbons (Fsp3) is 1.00. The summed E-state index contributed by atoms with van der Waals surface area (Å²) >= 11 is 2.11. The van der Waals surface area contributed by atoms with E-state index < -0.39 is 0 Å². The molecule has 1 rings (SSSR count). The first-order valence-corrected chi connectivity index (χ1v) is 4.99. The van der Waals surface area contributed by atoms with Crippen LogP contribution in [-0.2, 0) is 0 Å². The molecule has 0 amide bonds. The predicted molar refractivity (Wildman–Crippen MR) is 48.6 cm³/mol. The molecule has 0 aromatic carbocycles. The van der Waals surface area contributed by atoms with Crippen molar-refractivity contribution in [2.24, 2.45) is 0 Å². The van der Waals surface area contributed by atoms with E-state index in [0.717, 1.165) is 5.25 Å². The summed E-state index contributed by atoms with van der Waals surface area (Å²) in [5.41, 5.74) is 0.345. The van der Waals surface area contributed by atoms with E-state index in [9.17, 15) is 0 Å². The van der Waals surface area contributed by atoms with Gasteiger partial charge in [0.15, 0.2) is 0 Å². The molecule has 0 aliphatic carbocycles. The van der Waals surface area contributed by atoms with Crippen molar-refractivity contribution >= 4 is 11.8 Å². The summed E-state index contributed by atoms with van der Waals surface area (Å²) in [7, 11) is 2.04. The van der Waals surface area contributed by atoms with E-state index in [0.29, 0.717) is 5.54 Å². The van der Waals surface area contributed by atoms with Crippen LogP contribution in [0.4, 0.5) is 0 Å². The lowest BCUT2D eigenvalue weighted by atomic mass is 9.97. The largest absolute Gasteiger partial charge is 0.315 e. The van der Waals surface area contributed by atoms with E-state index in [2.05, 4.69) is 30.9 Å². The zero-order valence-corrected chi connectivity index (χ0v) is 7.92.